The predicted octanol–water partition coefficient (Wildman–Crippen LogP) is 3.16. The Bertz CT molecular complexity index is 994. The molecule has 0 aliphatic heterocycles. The fourth-order valence-corrected chi connectivity index (χ4v) is 2.66. The van der Waals surface area contributed by atoms with E-state index < -0.39 is 4.92 Å². The van der Waals surface area contributed by atoms with Gasteiger partial charge in [-0.3, -0.25) is 10.1 Å². The maximum Gasteiger partial charge on any atom is 0.270 e. The Hall–Kier alpha value is -3.50. The minimum atomic E-state index is -0.491. The van der Waals surface area contributed by atoms with Gasteiger partial charge < -0.3 is 10.4 Å². The molecule has 26 heavy (non-hydrogen) atoms. The van der Waals surface area contributed by atoms with Crippen molar-refractivity contribution in [2.24, 2.45) is 0 Å². The molecule has 7 nitrogen and oxygen atoms in total. The molecule has 0 bridgehead atoms. The highest BCUT2D eigenvalue weighted by Gasteiger charge is 2.11. The summed E-state index contributed by atoms with van der Waals surface area (Å²) in [5.74, 6) is 0.551. The average Bonchev–Trinajstić information content (AvgIpc) is 2.67. The van der Waals surface area contributed by atoms with Crippen LogP contribution in [0.5, 0.6) is 0 Å². The number of hydrogen-bond donors (Lipinski definition) is 2. The van der Waals surface area contributed by atoms with Gasteiger partial charge in [0.05, 0.1) is 28.7 Å². The Morgan fingerprint density at radius 1 is 1.15 bits per heavy atom. The van der Waals surface area contributed by atoms with Crippen molar-refractivity contribution in [3.63, 3.8) is 0 Å². The number of nitro groups is 1. The summed E-state index contributed by atoms with van der Waals surface area (Å²) < 4.78 is 0. The average molecular weight is 348 g/mol. The van der Waals surface area contributed by atoms with Crippen LogP contribution in [-0.4, -0.2) is 21.6 Å². The molecule has 0 radical (unpaired) electrons. The zero-order valence-corrected chi connectivity index (χ0v) is 13.8. The molecule has 0 fully saturated rings. The highest BCUT2D eigenvalue weighted by Crippen LogP contribution is 2.24. The van der Waals surface area contributed by atoms with Crippen LogP contribution in [0.1, 0.15) is 16.7 Å². The molecule has 2 N–H and O–H groups in total. The van der Waals surface area contributed by atoms with E-state index in [-0.39, 0.29) is 12.3 Å². The SMILES string of the molecule is N#Cc1cc(NCCc2ccc(CO)cc2)nc2ccc([N+](=O)[O-])cc12. The van der Waals surface area contributed by atoms with Crippen molar-refractivity contribution < 1.29 is 10.0 Å². The van der Waals surface area contributed by atoms with Crippen molar-refractivity contribution in [3.05, 3.63) is 75.3 Å². The molecule has 3 aromatic rings. The lowest BCUT2D eigenvalue weighted by Gasteiger charge is -2.08. The van der Waals surface area contributed by atoms with E-state index in [1.54, 1.807) is 12.1 Å². The van der Waals surface area contributed by atoms with Gasteiger partial charge in [0.2, 0.25) is 0 Å². The van der Waals surface area contributed by atoms with Crippen LogP contribution in [0.3, 0.4) is 0 Å². The van der Waals surface area contributed by atoms with Gasteiger partial charge in [0.15, 0.2) is 0 Å². The summed E-state index contributed by atoms with van der Waals surface area (Å²) in [6, 6.07) is 15.6. The molecular weight excluding hydrogens is 332 g/mol. The molecule has 2 aromatic carbocycles. The molecular formula is C19H16N4O3. The third-order valence-electron chi connectivity index (χ3n) is 4.05. The summed E-state index contributed by atoms with van der Waals surface area (Å²) in [4.78, 5) is 14.8. The van der Waals surface area contributed by atoms with E-state index in [9.17, 15) is 15.4 Å². The molecule has 0 amide bonds. The van der Waals surface area contributed by atoms with Crippen molar-refractivity contribution in [1.29, 1.82) is 5.26 Å². The molecule has 0 saturated carbocycles. The number of aliphatic hydroxyl groups excluding tert-OH is 1. The zero-order chi connectivity index (χ0) is 18.5. The Labute approximate surface area is 149 Å². The first kappa shape index (κ1) is 17.3. The molecule has 1 aromatic heterocycles. The lowest BCUT2D eigenvalue weighted by atomic mass is 10.1. The smallest absolute Gasteiger partial charge is 0.270 e. The maximum atomic E-state index is 10.9. The fourth-order valence-electron chi connectivity index (χ4n) is 2.66. The second-order valence-corrected chi connectivity index (χ2v) is 5.78. The minimum Gasteiger partial charge on any atom is -0.392 e. The number of nitro benzene ring substituents is 1. The number of aromatic nitrogens is 1. The number of nitriles is 1. The van der Waals surface area contributed by atoms with Gasteiger partial charge in [0, 0.05) is 24.1 Å². The van der Waals surface area contributed by atoms with Crippen LogP contribution in [0.25, 0.3) is 10.9 Å². The second kappa shape index (κ2) is 7.59. The molecule has 130 valence electrons. The molecule has 7 heteroatoms. The van der Waals surface area contributed by atoms with Crippen molar-refractivity contribution >= 4 is 22.4 Å². The summed E-state index contributed by atoms with van der Waals surface area (Å²) in [6.07, 6.45) is 0.758. The van der Waals surface area contributed by atoms with Crippen LogP contribution < -0.4 is 5.32 Å². The number of rotatable bonds is 6. The highest BCUT2D eigenvalue weighted by molar-refractivity contribution is 5.88. The molecule has 0 aliphatic rings. The first-order chi connectivity index (χ1) is 12.6. The number of non-ortho nitro benzene ring substituents is 1. The normalized spacial score (nSPS) is 10.5. The van der Waals surface area contributed by atoms with E-state index in [1.807, 2.05) is 24.3 Å². The standard InChI is InChI=1S/C19H16N4O3/c20-11-15-9-19(21-8-7-13-1-3-14(12-24)4-2-13)22-18-6-5-16(23(25)26)10-17(15)18/h1-6,9-10,24H,7-8,12H2,(H,21,22). The van der Waals surface area contributed by atoms with Gasteiger partial charge in [0.1, 0.15) is 5.82 Å². The molecule has 3 rings (SSSR count). The van der Waals surface area contributed by atoms with Gasteiger partial charge >= 0.3 is 0 Å². The van der Waals surface area contributed by atoms with E-state index in [0.29, 0.717) is 28.8 Å². The van der Waals surface area contributed by atoms with Crippen molar-refractivity contribution in [2.45, 2.75) is 13.0 Å². The Balaban J connectivity index is 1.76. The Morgan fingerprint density at radius 3 is 2.54 bits per heavy atom. The summed E-state index contributed by atoms with van der Waals surface area (Å²) >= 11 is 0. The van der Waals surface area contributed by atoms with Gasteiger partial charge in [-0.2, -0.15) is 5.26 Å². The number of pyridine rings is 1. The van der Waals surface area contributed by atoms with Crippen LogP contribution in [0, 0.1) is 21.4 Å². The first-order valence-corrected chi connectivity index (χ1v) is 8.02. The largest absolute Gasteiger partial charge is 0.392 e. The lowest BCUT2D eigenvalue weighted by molar-refractivity contribution is -0.384. The topological polar surface area (TPSA) is 112 Å². The van der Waals surface area contributed by atoms with Gasteiger partial charge in [-0.25, -0.2) is 4.98 Å². The van der Waals surface area contributed by atoms with E-state index >= 15 is 0 Å². The van der Waals surface area contributed by atoms with Gasteiger partial charge in [0.25, 0.3) is 5.69 Å². The number of anilines is 1. The molecule has 0 aliphatic carbocycles. The minimum absolute atomic E-state index is 0.0225. The summed E-state index contributed by atoms with van der Waals surface area (Å²) in [5, 5.41) is 32.9. The summed E-state index contributed by atoms with van der Waals surface area (Å²) in [7, 11) is 0. The molecule has 0 unspecified atom stereocenters. The summed E-state index contributed by atoms with van der Waals surface area (Å²) in [6.45, 7) is 0.642. The van der Waals surface area contributed by atoms with E-state index in [0.717, 1.165) is 17.5 Å². The number of fused-ring (bicyclic) bond motifs is 1. The first-order valence-electron chi connectivity index (χ1n) is 8.02. The van der Waals surface area contributed by atoms with Gasteiger partial charge in [-0.1, -0.05) is 24.3 Å². The molecule has 1 heterocycles. The Morgan fingerprint density at radius 2 is 1.88 bits per heavy atom. The summed E-state index contributed by atoms with van der Waals surface area (Å²) in [5.41, 5.74) is 2.79. The van der Waals surface area contributed by atoms with Gasteiger partial charge in [-0.15, -0.1) is 0 Å². The number of benzene rings is 2. The van der Waals surface area contributed by atoms with Crippen LogP contribution in [0.2, 0.25) is 0 Å². The van der Waals surface area contributed by atoms with Crippen molar-refractivity contribution in [1.82, 2.24) is 4.98 Å². The van der Waals surface area contributed by atoms with E-state index in [1.165, 1.54) is 12.1 Å². The molecule has 0 saturated heterocycles. The van der Waals surface area contributed by atoms with Crippen LogP contribution in [-0.2, 0) is 13.0 Å². The van der Waals surface area contributed by atoms with Crippen LogP contribution in [0.4, 0.5) is 11.5 Å². The van der Waals surface area contributed by atoms with Crippen LogP contribution in [0.15, 0.2) is 48.5 Å². The van der Waals surface area contributed by atoms with E-state index in [2.05, 4.69) is 16.4 Å². The zero-order valence-electron chi connectivity index (χ0n) is 13.8. The van der Waals surface area contributed by atoms with Crippen LogP contribution >= 0.6 is 0 Å². The number of nitrogens with zero attached hydrogens (tertiary/aromatic N) is 3. The van der Waals surface area contributed by atoms with Crippen molar-refractivity contribution in [2.75, 3.05) is 11.9 Å². The number of nitrogens with one attached hydrogen (secondary N) is 1. The maximum absolute atomic E-state index is 10.9. The highest BCUT2D eigenvalue weighted by atomic mass is 16.6. The predicted molar refractivity (Wildman–Crippen MR) is 97.7 cm³/mol. The monoisotopic (exact) mass is 348 g/mol. The quantitative estimate of drug-likeness (QED) is 0.523. The number of aliphatic hydroxyl groups is 1. The third kappa shape index (κ3) is 3.77. The van der Waals surface area contributed by atoms with E-state index in [4.69, 9.17) is 5.11 Å². The third-order valence-corrected chi connectivity index (χ3v) is 4.05. The molecule has 0 atom stereocenters. The second-order valence-electron chi connectivity index (χ2n) is 5.78. The van der Waals surface area contributed by atoms with Crippen molar-refractivity contribution in [3.8, 4) is 6.07 Å². The Kier molecular flexibility index (Phi) is 5.06. The number of hydrogen-bond acceptors (Lipinski definition) is 6. The molecule has 0 spiro atoms. The lowest BCUT2D eigenvalue weighted by Crippen LogP contribution is -2.07. The van der Waals surface area contributed by atoms with Gasteiger partial charge in [-0.05, 0) is 29.7 Å². The fraction of sp³-hybridized carbons (Fsp3) is 0.158.